The summed E-state index contributed by atoms with van der Waals surface area (Å²) in [5.41, 5.74) is 1.70. The Bertz CT molecular complexity index is 1120. The van der Waals surface area contributed by atoms with E-state index in [2.05, 4.69) is 0 Å². The van der Waals surface area contributed by atoms with Crippen molar-refractivity contribution in [2.75, 3.05) is 44.9 Å². The van der Waals surface area contributed by atoms with Crippen molar-refractivity contribution in [1.29, 1.82) is 0 Å². The summed E-state index contributed by atoms with van der Waals surface area (Å²) in [5, 5.41) is 1.23. The van der Waals surface area contributed by atoms with Crippen molar-refractivity contribution in [1.82, 2.24) is 9.21 Å². The largest absolute Gasteiger partial charge is 0.497 e. The third kappa shape index (κ3) is 4.39. The van der Waals surface area contributed by atoms with Gasteiger partial charge in [-0.2, -0.15) is 4.31 Å². The number of fused-ring (bicyclic) bond motifs is 1. The first-order valence-electron chi connectivity index (χ1n) is 9.89. The first-order chi connectivity index (χ1) is 14.9. The molecule has 1 fully saturated rings. The normalized spacial score (nSPS) is 18.0. The zero-order valence-electron chi connectivity index (χ0n) is 17.1. The van der Waals surface area contributed by atoms with Gasteiger partial charge in [-0.15, -0.1) is 0 Å². The lowest BCUT2D eigenvalue weighted by atomic mass is 10.1. The summed E-state index contributed by atoms with van der Waals surface area (Å²) in [6.07, 6.45) is 1.58. The molecule has 0 saturated carbocycles. The zero-order chi connectivity index (χ0) is 22.0. The number of carbonyl (C=O) groups excluding carboxylic acids is 2. The Labute approximate surface area is 181 Å². The highest BCUT2D eigenvalue weighted by atomic mass is 32.2. The van der Waals surface area contributed by atoms with Gasteiger partial charge in [-0.3, -0.25) is 19.4 Å². The van der Waals surface area contributed by atoms with Crippen LogP contribution in [0, 0.1) is 0 Å². The van der Waals surface area contributed by atoms with Crippen molar-refractivity contribution in [3.05, 3.63) is 65.1 Å². The van der Waals surface area contributed by atoms with Crippen molar-refractivity contribution in [2.24, 2.45) is 0 Å². The lowest BCUT2D eigenvalue weighted by molar-refractivity contribution is -0.114. The van der Waals surface area contributed by atoms with Gasteiger partial charge in [-0.1, -0.05) is 30.3 Å². The van der Waals surface area contributed by atoms with Crippen LogP contribution in [0.4, 0.5) is 5.69 Å². The number of Topliss-reactive ketones (excluding diaryl/α,β-unsaturated/α-hetero) is 1. The molecule has 2 heterocycles. The van der Waals surface area contributed by atoms with Crippen molar-refractivity contribution < 1.29 is 22.7 Å². The van der Waals surface area contributed by atoms with Gasteiger partial charge in [0.25, 0.3) is 5.78 Å². The van der Waals surface area contributed by atoms with Gasteiger partial charge in [0.1, 0.15) is 5.75 Å². The van der Waals surface area contributed by atoms with E-state index in [4.69, 9.17) is 4.74 Å². The summed E-state index contributed by atoms with van der Waals surface area (Å²) in [6, 6.07) is 14.2. The molecule has 0 spiro atoms. The highest BCUT2D eigenvalue weighted by Gasteiger charge is 2.37. The first kappa shape index (κ1) is 21.2. The van der Waals surface area contributed by atoms with Gasteiger partial charge < -0.3 is 4.74 Å². The van der Waals surface area contributed by atoms with E-state index in [0.717, 1.165) is 5.56 Å². The Balaban J connectivity index is 1.40. The third-order valence-corrected chi connectivity index (χ3v) is 7.01. The minimum atomic E-state index is -3.53. The molecule has 0 radical (unpaired) electrons. The lowest BCUT2D eigenvalue weighted by Gasteiger charge is -2.35. The SMILES string of the molecule is COc1ccc2c(c1)N(CN1CCN(S(=O)(=O)/C=C/c3ccccc3)CC1)C(=O)C2=O. The Hall–Kier alpha value is -3.01. The van der Waals surface area contributed by atoms with Gasteiger partial charge in [-0.05, 0) is 23.8 Å². The smallest absolute Gasteiger partial charge is 0.300 e. The van der Waals surface area contributed by atoms with Gasteiger partial charge in [0, 0.05) is 37.7 Å². The number of hydrogen-bond donors (Lipinski definition) is 0. The highest BCUT2D eigenvalue weighted by molar-refractivity contribution is 7.92. The van der Waals surface area contributed by atoms with Gasteiger partial charge >= 0.3 is 5.91 Å². The quantitative estimate of drug-likeness (QED) is 0.636. The Kier molecular flexibility index (Phi) is 5.90. The number of ketones is 1. The van der Waals surface area contributed by atoms with Crippen molar-refractivity contribution in [2.45, 2.75) is 0 Å². The maximum atomic E-state index is 12.6. The molecule has 8 nitrogen and oxygen atoms in total. The van der Waals surface area contributed by atoms with E-state index in [1.807, 2.05) is 35.2 Å². The van der Waals surface area contributed by atoms with E-state index in [1.165, 1.54) is 21.7 Å². The van der Waals surface area contributed by atoms with Crippen molar-refractivity contribution >= 4 is 33.5 Å². The average molecular weight is 442 g/mol. The molecule has 2 aliphatic rings. The minimum Gasteiger partial charge on any atom is -0.497 e. The molecule has 0 N–H and O–H groups in total. The van der Waals surface area contributed by atoms with E-state index < -0.39 is 21.7 Å². The Morgan fingerprint density at radius 2 is 1.71 bits per heavy atom. The molecule has 0 bridgehead atoms. The molecule has 0 aliphatic carbocycles. The van der Waals surface area contributed by atoms with Crippen LogP contribution in [0.2, 0.25) is 0 Å². The first-order valence-corrected chi connectivity index (χ1v) is 11.4. The molecule has 2 aromatic carbocycles. The monoisotopic (exact) mass is 441 g/mol. The predicted molar refractivity (Wildman–Crippen MR) is 117 cm³/mol. The Morgan fingerprint density at radius 3 is 2.39 bits per heavy atom. The fraction of sp³-hybridized carbons (Fsp3) is 0.273. The molecule has 0 atom stereocenters. The van der Waals surface area contributed by atoms with E-state index in [1.54, 1.807) is 24.3 Å². The number of rotatable bonds is 6. The second-order valence-electron chi connectivity index (χ2n) is 7.36. The fourth-order valence-electron chi connectivity index (χ4n) is 3.68. The summed E-state index contributed by atoms with van der Waals surface area (Å²) < 4.78 is 31.9. The molecule has 31 heavy (non-hydrogen) atoms. The number of ether oxygens (including phenoxy) is 1. The fourth-order valence-corrected chi connectivity index (χ4v) is 4.86. The number of sulfonamides is 1. The van der Waals surface area contributed by atoms with Crippen molar-refractivity contribution in [3.63, 3.8) is 0 Å². The molecule has 0 aromatic heterocycles. The zero-order valence-corrected chi connectivity index (χ0v) is 17.9. The predicted octanol–water partition coefficient (Wildman–Crippen LogP) is 1.80. The molecule has 162 valence electrons. The molecule has 2 aromatic rings. The summed E-state index contributed by atoms with van der Waals surface area (Å²) in [5.74, 6) is -0.554. The number of carbonyl (C=O) groups is 2. The summed E-state index contributed by atoms with van der Waals surface area (Å²) in [6.45, 7) is 1.74. The van der Waals surface area contributed by atoms with E-state index in [9.17, 15) is 18.0 Å². The van der Waals surface area contributed by atoms with Crippen LogP contribution in [-0.2, 0) is 14.8 Å². The van der Waals surface area contributed by atoms with Gasteiger partial charge in [0.15, 0.2) is 0 Å². The minimum absolute atomic E-state index is 0.221. The maximum Gasteiger partial charge on any atom is 0.300 e. The van der Waals surface area contributed by atoms with Crippen LogP contribution < -0.4 is 9.64 Å². The van der Waals surface area contributed by atoms with Gasteiger partial charge in [-0.25, -0.2) is 8.42 Å². The number of methoxy groups -OCH3 is 1. The summed E-state index contributed by atoms with van der Waals surface area (Å²) in [7, 11) is -2.01. The van der Waals surface area contributed by atoms with Crippen LogP contribution >= 0.6 is 0 Å². The lowest BCUT2D eigenvalue weighted by Crippen LogP contribution is -2.52. The number of benzene rings is 2. The molecular weight excluding hydrogens is 418 g/mol. The van der Waals surface area contributed by atoms with Crippen LogP contribution in [0.1, 0.15) is 15.9 Å². The van der Waals surface area contributed by atoms with Gasteiger partial charge in [0.05, 0.1) is 25.0 Å². The Morgan fingerprint density at radius 1 is 1.00 bits per heavy atom. The molecule has 0 unspecified atom stereocenters. The number of hydrogen-bond acceptors (Lipinski definition) is 6. The van der Waals surface area contributed by atoms with Crippen LogP contribution in [0.3, 0.4) is 0 Å². The van der Waals surface area contributed by atoms with Crippen LogP contribution in [0.15, 0.2) is 53.9 Å². The number of anilines is 1. The number of amides is 1. The standard InChI is InChI=1S/C22H23N3O5S/c1-30-18-7-8-19-20(15-18)25(22(27)21(19)26)16-23-10-12-24(13-11-23)31(28,29)14-9-17-5-3-2-4-6-17/h2-9,14-15H,10-13,16H2,1H3/b14-9+. The molecule has 9 heteroatoms. The van der Waals surface area contributed by atoms with Crippen LogP contribution in [0.25, 0.3) is 6.08 Å². The van der Waals surface area contributed by atoms with E-state index in [0.29, 0.717) is 43.2 Å². The molecule has 2 aliphatic heterocycles. The molecular formula is C22H23N3O5S. The molecule has 4 rings (SSSR count). The second-order valence-corrected chi connectivity index (χ2v) is 9.18. The highest BCUT2D eigenvalue weighted by Crippen LogP contribution is 2.32. The van der Waals surface area contributed by atoms with Crippen molar-refractivity contribution in [3.8, 4) is 5.75 Å². The van der Waals surface area contributed by atoms with Crippen LogP contribution in [0.5, 0.6) is 5.75 Å². The molecule has 1 amide bonds. The summed E-state index contributed by atoms with van der Waals surface area (Å²) >= 11 is 0. The number of piperazine rings is 1. The second kappa shape index (κ2) is 8.62. The molecule has 1 saturated heterocycles. The third-order valence-electron chi connectivity index (χ3n) is 5.44. The maximum absolute atomic E-state index is 12.6. The van der Waals surface area contributed by atoms with Gasteiger partial charge in [0.2, 0.25) is 10.0 Å². The topological polar surface area (TPSA) is 87.2 Å². The average Bonchev–Trinajstić information content (AvgIpc) is 3.03. The van der Waals surface area contributed by atoms with Crippen LogP contribution in [-0.4, -0.2) is 69.3 Å². The number of nitrogens with zero attached hydrogens (tertiary/aromatic N) is 3. The summed E-state index contributed by atoms with van der Waals surface area (Å²) in [4.78, 5) is 28.1. The van der Waals surface area contributed by atoms with E-state index >= 15 is 0 Å². The van der Waals surface area contributed by atoms with E-state index in [-0.39, 0.29) is 6.67 Å².